The van der Waals surface area contributed by atoms with Crippen molar-refractivity contribution in [1.29, 1.82) is 0 Å². The number of ether oxygens (including phenoxy) is 1. The number of nitrogens with one attached hydrogen (secondary N) is 1. The zero-order valence-corrected chi connectivity index (χ0v) is 13.7. The van der Waals surface area contributed by atoms with Crippen LogP contribution < -0.4 is 21.5 Å². The maximum absolute atomic E-state index is 11.7. The van der Waals surface area contributed by atoms with Crippen molar-refractivity contribution in [3.8, 4) is 5.75 Å². The van der Waals surface area contributed by atoms with Crippen LogP contribution in [-0.4, -0.2) is 34.8 Å². The molecule has 0 fully saturated rings. The number of halogens is 1. The van der Waals surface area contributed by atoms with Gasteiger partial charge >= 0.3 is 0 Å². The van der Waals surface area contributed by atoms with E-state index in [2.05, 4.69) is 15.3 Å². The number of carbonyl (C=O) groups is 1. The molecular formula is C14H16ClN5O2S. The Morgan fingerprint density at radius 1 is 1.22 bits per heavy atom. The van der Waals surface area contributed by atoms with E-state index < -0.39 is 0 Å². The Morgan fingerprint density at radius 3 is 2.52 bits per heavy atom. The Hall–Kier alpha value is -2.19. The topological polar surface area (TPSA) is 116 Å². The molecule has 0 saturated heterocycles. The molecule has 0 unspecified atom stereocenters. The first-order valence-corrected chi connectivity index (χ1v) is 8.07. The van der Waals surface area contributed by atoms with E-state index in [0.29, 0.717) is 29.1 Å². The highest BCUT2D eigenvalue weighted by molar-refractivity contribution is 7.99. The van der Waals surface area contributed by atoms with E-state index in [1.165, 1.54) is 6.07 Å². The molecule has 5 N–H and O–H groups in total. The lowest BCUT2D eigenvalue weighted by Gasteiger charge is -2.07. The van der Waals surface area contributed by atoms with Crippen molar-refractivity contribution in [2.24, 2.45) is 0 Å². The fourth-order valence-corrected chi connectivity index (χ4v) is 2.43. The van der Waals surface area contributed by atoms with Gasteiger partial charge in [-0.15, -0.1) is 0 Å². The van der Waals surface area contributed by atoms with Crippen LogP contribution in [0.5, 0.6) is 5.75 Å². The van der Waals surface area contributed by atoms with Gasteiger partial charge in [-0.2, -0.15) is 0 Å². The molecule has 7 nitrogen and oxygen atoms in total. The number of carbonyl (C=O) groups excluding carboxylic acids is 1. The third-order valence-corrected chi connectivity index (χ3v) is 3.68. The van der Waals surface area contributed by atoms with Crippen LogP contribution in [0.2, 0.25) is 5.02 Å². The van der Waals surface area contributed by atoms with Crippen LogP contribution in [0.1, 0.15) is 0 Å². The van der Waals surface area contributed by atoms with Crippen molar-refractivity contribution in [2.45, 2.75) is 5.16 Å². The zero-order valence-electron chi connectivity index (χ0n) is 12.2. The molecule has 1 heterocycles. The largest absolute Gasteiger partial charge is 0.492 e. The first-order chi connectivity index (χ1) is 11.0. The summed E-state index contributed by atoms with van der Waals surface area (Å²) in [5.74, 6) is 1.26. The highest BCUT2D eigenvalue weighted by Crippen LogP contribution is 2.16. The standard InChI is InChI=1S/C14H16ClN5O2S/c15-9-1-3-10(4-2-9)22-6-5-18-13(21)8-23-14-19-11(16)7-12(17)20-14/h1-4,7H,5-6,8H2,(H,18,21)(H4,16,17,19,20). The van der Waals surface area contributed by atoms with E-state index >= 15 is 0 Å². The predicted molar refractivity (Wildman–Crippen MR) is 91.5 cm³/mol. The third kappa shape index (κ3) is 6.21. The van der Waals surface area contributed by atoms with Crippen LogP contribution in [0, 0.1) is 0 Å². The molecule has 0 bridgehead atoms. The number of nitrogens with two attached hydrogens (primary N) is 2. The molecule has 0 aliphatic carbocycles. The first-order valence-electron chi connectivity index (χ1n) is 6.71. The number of amides is 1. The molecular weight excluding hydrogens is 338 g/mol. The van der Waals surface area contributed by atoms with Gasteiger partial charge in [0.25, 0.3) is 0 Å². The first kappa shape index (κ1) is 17.2. The monoisotopic (exact) mass is 353 g/mol. The Morgan fingerprint density at radius 2 is 1.87 bits per heavy atom. The summed E-state index contributed by atoms with van der Waals surface area (Å²) in [5.41, 5.74) is 11.1. The van der Waals surface area contributed by atoms with Gasteiger partial charge in [0.15, 0.2) is 5.16 Å². The number of nitrogen functional groups attached to an aromatic ring is 2. The molecule has 0 radical (unpaired) electrons. The van der Waals surface area contributed by atoms with E-state index in [0.717, 1.165) is 11.8 Å². The van der Waals surface area contributed by atoms with Gasteiger partial charge in [0.05, 0.1) is 12.3 Å². The Balaban J connectivity index is 1.66. The van der Waals surface area contributed by atoms with Crippen LogP contribution in [0.4, 0.5) is 11.6 Å². The molecule has 23 heavy (non-hydrogen) atoms. The fraction of sp³-hybridized carbons (Fsp3) is 0.214. The number of thioether (sulfide) groups is 1. The minimum absolute atomic E-state index is 0.153. The number of benzene rings is 1. The highest BCUT2D eigenvalue weighted by atomic mass is 35.5. The maximum Gasteiger partial charge on any atom is 0.230 e. The Labute approximate surface area is 142 Å². The molecule has 1 amide bonds. The Bertz CT molecular complexity index is 648. The van der Waals surface area contributed by atoms with Crippen molar-refractivity contribution in [1.82, 2.24) is 15.3 Å². The summed E-state index contributed by atoms with van der Waals surface area (Å²) in [4.78, 5) is 19.7. The van der Waals surface area contributed by atoms with Gasteiger partial charge in [0.1, 0.15) is 24.0 Å². The number of anilines is 2. The highest BCUT2D eigenvalue weighted by Gasteiger charge is 2.06. The molecule has 0 aliphatic rings. The van der Waals surface area contributed by atoms with Crippen LogP contribution >= 0.6 is 23.4 Å². The van der Waals surface area contributed by atoms with Crippen LogP contribution in [0.15, 0.2) is 35.5 Å². The molecule has 9 heteroatoms. The quantitative estimate of drug-likeness (QED) is 0.393. The molecule has 1 aromatic carbocycles. The van der Waals surface area contributed by atoms with Gasteiger partial charge in [-0.1, -0.05) is 23.4 Å². The molecule has 1 aromatic heterocycles. The van der Waals surface area contributed by atoms with Gasteiger partial charge in [-0.05, 0) is 24.3 Å². The van der Waals surface area contributed by atoms with Crippen molar-refractivity contribution in [3.63, 3.8) is 0 Å². The van der Waals surface area contributed by atoms with E-state index in [9.17, 15) is 4.79 Å². The molecule has 2 aromatic rings. The second-order valence-corrected chi connectivity index (χ2v) is 5.82. The van der Waals surface area contributed by atoms with Crippen molar-refractivity contribution in [3.05, 3.63) is 35.4 Å². The summed E-state index contributed by atoms with van der Waals surface area (Å²) in [7, 11) is 0. The maximum atomic E-state index is 11.7. The fourth-order valence-electron chi connectivity index (χ4n) is 1.60. The van der Waals surface area contributed by atoms with Crippen molar-refractivity contribution >= 4 is 40.9 Å². The normalized spacial score (nSPS) is 10.3. The van der Waals surface area contributed by atoms with E-state index in [4.69, 9.17) is 27.8 Å². The molecule has 0 spiro atoms. The minimum Gasteiger partial charge on any atom is -0.492 e. The van der Waals surface area contributed by atoms with Gasteiger partial charge in [0, 0.05) is 11.1 Å². The summed E-state index contributed by atoms with van der Waals surface area (Å²) in [5, 5.41) is 3.75. The molecule has 0 aliphatic heterocycles. The average molecular weight is 354 g/mol. The number of nitrogens with zero attached hydrogens (tertiary/aromatic N) is 2. The van der Waals surface area contributed by atoms with Crippen LogP contribution in [0.3, 0.4) is 0 Å². The van der Waals surface area contributed by atoms with Gasteiger partial charge in [-0.25, -0.2) is 9.97 Å². The number of hydrogen-bond acceptors (Lipinski definition) is 7. The lowest BCUT2D eigenvalue weighted by Crippen LogP contribution is -2.29. The predicted octanol–water partition coefficient (Wildman–Crippen LogP) is 1.58. The summed E-state index contributed by atoms with van der Waals surface area (Å²) in [6, 6.07) is 8.47. The summed E-state index contributed by atoms with van der Waals surface area (Å²) in [6.45, 7) is 0.752. The van der Waals surface area contributed by atoms with E-state index in [-0.39, 0.29) is 23.3 Å². The van der Waals surface area contributed by atoms with E-state index in [1.807, 2.05) is 0 Å². The summed E-state index contributed by atoms with van der Waals surface area (Å²) in [6.07, 6.45) is 0. The van der Waals surface area contributed by atoms with Crippen molar-refractivity contribution < 1.29 is 9.53 Å². The molecule has 2 rings (SSSR count). The second kappa shape index (κ2) is 8.44. The number of aromatic nitrogens is 2. The van der Waals surface area contributed by atoms with Crippen molar-refractivity contribution in [2.75, 3.05) is 30.4 Å². The van der Waals surface area contributed by atoms with Gasteiger partial charge < -0.3 is 21.5 Å². The lowest BCUT2D eigenvalue weighted by atomic mass is 10.3. The summed E-state index contributed by atoms with van der Waals surface area (Å²) < 4.78 is 5.47. The number of rotatable bonds is 7. The second-order valence-electron chi connectivity index (χ2n) is 4.44. The smallest absolute Gasteiger partial charge is 0.230 e. The average Bonchev–Trinajstić information content (AvgIpc) is 2.50. The van der Waals surface area contributed by atoms with E-state index in [1.54, 1.807) is 24.3 Å². The summed E-state index contributed by atoms with van der Waals surface area (Å²) >= 11 is 6.94. The Kier molecular flexibility index (Phi) is 6.30. The minimum atomic E-state index is -0.153. The third-order valence-electron chi connectivity index (χ3n) is 2.58. The molecule has 122 valence electrons. The SMILES string of the molecule is Nc1cc(N)nc(SCC(=O)NCCOc2ccc(Cl)cc2)n1. The zero-order chi connectivity index (χ0) is 16.7. The van der Waals surface area contributed by atoms with Gasteiger partial charge in [-0.3, -0.25) is 4.79 Å². The van der Waals surface area contributed by atoms with Crippen LogP contribution in [0.25, 0.3) is 0 Å². The molecule has 0 saturated carbocycles. The lowest BCUT2D eigenvalue weighted by molar-refractivity contribution is -0.118. The molecule has 0 atom stereocenters. The van der Waals surface area contributed by atoms with Crippen LogP contribution in [-0.2, 0) is 4.79 Å². The number of hydrogen-bond donors (Lipinski definition) is 3. The van der Waals surface area contributed by atoms with Gasteiger partial charge in [0.2, 0.25) is 5.91 Å².